The highest BCUT2D eigenvalue weighted by atomic mass is 32.1. The molecule has 0 radical (unpaired) electrons. The van der Waals surface area contributed by atoms with E-state index in [9.17, 15) is 4.79 Å². The van der Waals surface area contributed by atoms with E-state index >= 15 is 0 Å². The number of hydrogen-bond donors (Lipinski definition) is 1. The molecule has 1 aliphatic carbocycles. The summed E-state index contributed by atoms with van der Waals surface area (Å²) in [5, 5.41) is 8.09. The highest BCUT2D eigenvalue weighted by molar-refractivity contribution is 7.22. The van der Waals surface area contributed by atoms with E-state index in [4.69, 9.17) is 0 Å². The summed E-state index contributed by atoms with van der Waals surface area (Å²) in [5.74, 6) is 0.251. The van der Waals surface area contributed by atoms with Crippen molar-refractivity contribution in [2.24, 2.45) is 0 Å². The lowest BCUT2D eigenvalue weighted by Gasteiger charge is -2.08. The first-order valence-corrected chi connectivity index (χ1v) is 9.82. The molecule has 5 rings (SSSR count). The van der Waals surface area contributed by atoms with Crippen molar-refractivity contribution in [3.63, 3.8) is 0 Å². The Morgan fingerprint density at radius 3 is 2.78 bits per heavy atom. The van der Waals surface area contributed by atoms with Crippen LogP contribution in [0.15, 0.2) is 54.7 Å². The summed E-state index contributed by atoms with van der Waals surface area (Å²) in [5.41, 5.74) is 4.70. The second kappa shape index (κ2) is 6.32. The van der Waals surface area contributed by atoms with Gasteiger partial charge in [-0.25, -0.2) is 9.67 Å². The quantitative estimate of drug-likeness (QED) is 0.551. The Labute approximate surface area is 160 Å². The van der Waals surface area contributed by atoms with Crippen LogP contribution in [-0.4, -0.2) is 20.7 Å². The fraction of sp³-hybridized carbons (Fsp3) is 0.190. The third-order valence-corrected chi connectivity index (χ3v) is 5.71. The van der Waals surface area contributed by atoms with Crippen LogP contribution in [0.3, 0.4) is 0 Å². The fourth-order valence-electron chi connectivity index (χ4n) is 3.31. The minimum Gasteiger partial charge on any atom is -0.298 e. The lowest BCUT2D eigenvalue weighted by atomic mass is 10.1. The number of nitrogens with zero attached hydrogens (tertiary/aromatic N) is 3. The average molecular weight is 374 g/mol. The second-order valence-corrected chi connectivity index (χ2v) is 7.94. The Morgan fingerprint density at radius 2 is 2.00 bits per heavy atom. The van der Waals surface area contributed by atoms with Gasteiger partial charge in [-0.05, 0) is 49.6 Å². The minimum atomic E-state index is -0.144. The predicted octanol–water partition coefficient (Wildman–Crippen LogP) is 4.92. The minimum absolute atomic E-state index is 0.144. The number of benzene rings is 2. The van der Waals surface area contributed by atoms with Gasteiger partial charge in [-0.1, -0.05) is 35.6 Å². The molecule has 27 heavy (non-hydrogen) atoms. The molecule has 1 N–H and O–H groups in total. The smallest absolute Gasteiger partial charge is 0.260 e. The van der Waals surface area contributed by atoms with E-state index in [0.29, 0.717) is 16.6 Å². The van der Waals surface area contributed by atoms with Crippen molar-refractivity contribution in [1.82, 2.24) is 14.8 Å². The van der Waals surface area contributed by atoms with E-state index in [2.05, 4.69) is 28.4 Å². The highest BCUT2D eigenvalue weighted by Gasteiger charge is 2.33. The number of aryl methyl sites for hydroxylation is 1. The van der Waals surface area contributed by atoms with Gasteiger partial charge in [0.1, 0.15) is 0 Å². The summed E-state index contributed by atoms with van der Waals surface area (Å²) in [6.07, 6.45) is 3.87. The van der Waals surface area contributed by atoms with Crippen molar-refractivity contribution >= 4 is 32.6 Å². The number of amides is 1. The number of carbonyl (C=O) groups is 1. The molecular weight excluding hydrogens is 356 g/mol. The van der Waals surface area contributed by atoms with Crippen LogP contribution in [0, 0.1) is 6.92 Å². The van der Waals surface area contributed by atoms with Crippen molar-refractivity contribution in [2.75, 3.05) is 5.32 Å². The molecule has 0 spiro atoms. The Balaban J connectivity index is 1.48. The molecule has 0 bridgehead atoms. The molecule has 1 aliphatic rings. The van der Waals surface area contributed by atoms with Gasteiger partial charge in [0.2, 0.25) is 0 Å². The second-order valence-electron chi connectivity index (χ2n) is 6.91. The summed E-state index contributed by atoms with van der Waals surface area (Å²) < 4.78 is 2.97. The van der Waals surface area contributed by atoms with Crippen LogP contribution in [0.25, 0.3) is 15.9 Å². The molecule has 1 saturated carbocycles. The van der Waals surface area contributed by atoms with Crippen LogP contribution in [0.4, 0.5) is 5.13 Å². The van der Waals surface area contributed by atoms with Crippen LogP contribution in [0.5, 0.6) is 0 Å². The van der Waals surface area contributed by atoms with Crippen LogP contribution < -0.4 is 5.32 Å². The molecular formula is C21H18N4OS. The summed E-state index contributed by atoms with van der Waals surface area (Å²) in [4.78, 5) is 17.5. The molecule has 5 nitrogen and oxygen atoms in total. The van der Waals surface area contributed by atoms with Crippen molar-refractivity contribution in [2.45, 2.75) is 25.7 Å². The monoisotopic (exact) mass is 374 g/mol. The zero-order valence-corrected chi connectivity index (χ0v) is 15.7. The summed E-state index contributed by atoms with van der Waals surface area (Å²) >= 11 is 1.50. The van der Waals surface area contributed by atoms with E-state index in [1.807, 2.05) is 47.1 Å². The average Bonchev–Trinajstić information content (AvgIpc) is 3.29. The third-order valence-electron chi connectivity index (χ3n) is 4.78. The normalized spacial score (nSPS) is 13.8. The largest absolute Gasteiger partial charge is 0.298 e. The summed E-state index contributed by atoms with van der Waals surface area (Å²) in [6, 6.07) is 16.1. The SMILES string of the molecule is Cc1ccc2nc(NC(=O)c3cnn(-c4ccccc4)c3C3CC3)sc2c1. The lowest BCUT2D eigenvalue weighted by molar-refractivity contribution is 0.102. The lowest BCUT2D eigenvalue weighted by Crippen LogP contribution is -2.14. The van der Waals surface area contributed by atoms with Gasteiger partial charge < -0.3 is 0 Å². The van der Waals surface area contributed by atoms with Crippen molar-refractivity contribution < 1.29 is 4.79 Å². The van der Waals surface area contributed by atoms with Gasteiger partial charge in [-0.2, -0.15) is 5.10 Å². The molecule has 4 aromatic rings. The van der Waals surface area contributed by atoms with Crippen molar-refractivity contribution in [1.29, 1.82) is 0 Å². The van der Waals surface area contributed by atoms with E-state index in [-0.39, 0.29) is 5.91 Å². The molecule has 1 fully saturated rings. The molecule has 2 aromatic heterocycles. The number of para-hydroxylation sites is 1. The van der Waals surface area contributed by atoms with Gasteiger partial charge in [0, 0.05) is 5.92 Å². The first kappa shape index (κ1) is 16.2. The third kappa shape index (κ3) is 3.02. The molecule has 0 unspecified atom stereocenters. The van der Waals surface area contributed by atoms with Gasteiger partial charge in [0.25, 0.3) is 5.91 Å². The Kier molecular flexibility index (Phi) is 3.79. The molecule has 1 amide bonds. The number of fused-ring (bicyclic) bond motifs is 1. The molecule has 2 aromatic carbocycles. The zero-order chi connectivity index (χ0) is 18.4. The van der Waals surface area contributed by atoms with Gasteiger partial charge in [-0.3, -0.25) is 10.1 Å². The number of aromatic nitrogens is 3. The molecule has 2 heterocycles. The van der Waals surface area contributed by atoms with Crippen LogP contribution >= 0.6 is 11.3 Å². The Morgan fingerprint density at radius 1 is 1.19 bits per heavy atom. The van der Waals surface area contributed by atoms with E-state index in [0.717, 1.165) is 34.4 Å². The first-order valence-electron chi connectivity index (χ1n) is 9.01. The summed E-state index contributed by atoms with van der Waals surface area (Å²) in [7, 11) is 0. The maximum absolute atomic E-state index is 13.0. The number of hydrogen-bond acceptors (Lipinski definition) is 4. The van der Waals surface area contributed by atoms with Gasteiger partial charge in [0.05, 0.1) is 33.4 Å². The van der Waals surface area contributed by atoms with E-state index < -0.39 is 0 Å². The zero-order valence-electron chi connectivity index (χ0n) is 14.8. The maximum atomic E-state index is 13.0. The van der Waals surface area contributed by atoms with Crippen molar-refractivity contribution in [3.8, 4) is 5.69 Å². The number of nitrogens with one attached hydrogen (secondary N) is 1. The number of thiazole rings is 1. The topological polar surface area (TPSA) is 59.8 Å². The fourth-order valence-corrected chi connectivity index (χ4v) is 4.27. The van der Waals surface area contributed by atoms with Gasteiger partial charge >= 0.3 is 0 Å². The molecule has 134 valence electrons. The summed E-state index contributed by atoms with van der Waals surface area (Å²) in [6.45, 7) is 2.05. The van der Waals surface area contributed by atoms with Crippen LogP contribution in [-0.2, 0) is 0 Å². The molecule has 0 atom stereocenters. The predicted molar refractivity (Wildman–Crippen MR) is 108 cm³/mol. The molecule has 6 heteroatoms. The van der Waals surface area contributed by atoms with Crippen molar-refractivity contribution in [3.05, 3.63) is 71.5 Å². The van der Waals surface area contributed by atoms with Gasteiger partial charge in [0.15, 0.2) is 5.13 Å². The van der Waals surface area contributed by atoms with Crippen LogP contribution in [0.1, 0.15) is 40.4 Å². The number of anilines is 1. The maximum Gasteiger partial charge on any atom is 0.260 e. The van der Waals surface area contributed by atoms with Crippen LogP contribution in [0.2, 0.25) is 0 Å². The first-order chi connectivity index (χ1) is 13.2. The number of rotatable bonds is 4. The Bertz CT molecular complexity index is 1140. The van der Waals surface area contributed by atoms with E-state index in [1.54, 1.807) is 6.20 Å². The molecule has 0 aliphatic heterocycles. The number of carbonyl (C=O) groups excluding carboxylic acids is 1. The van der Waals surface area contributed by atoms with Gasteiger partial charge in [-0.15, -0.1) is 0 Å². The van der Waals surface area contributed by atoms with E-state index in [1.165, 1.54) is 16.9 Å². The molecule has 0 saturated heterocycles. The highest BCUT2D eigenvalue weighted by Crippen LogP contribution is 2.42. The standard InChI is InChI=1S/C21H18N4OS/c1-13-7-10-17-18(11-13)27-21(23-17)24-20(26)16-12-22-25(19(16)14-8-9-14)15-5-3-2-4-6-15/h2-7,10-12,14H,8-9H2,1H3,(H,23,24,26). The Hall–Kier alpha value is -2.99.